The van der Waals surface area contributed by atoms with Crippen LogP contribution in [0, 0.1) is 24.0 Å². The molecule has 7 heteroatoms. The highest BCUT2D eigenvalue weighted by Gasteiger charge is 2.23. The van der Waals surface area contributed by atoms with Crippen molar-refractivity contribution in [2.24, 2.45) is 0 Å². The summed E-state index contributed by atoms with van der Waals surface area (Å²) >= 11 is 1.39. The van der Waals surface area contributed by atoms with Crippen molar-refractivity contribution in [1.29, 1.82) is 0 Å². The standard InChI is InChI=1S/C12H10N4O2S/c1-7-5-8(2)15(14-7)9-3-4-10-11(13-6-19-10)12(9)16(17)18/h3-6H,1-2H3. The van der Waals surface area contributed by atoms with Gasteiger partial charge in [0.2, 0.25) is 0 Å². The van der Waals surface area contributed by atoms with Crippen LogP contribution in [0.2, 0.25) is 0 Å². The van der Waals surface area contributed by atoms with E-state index in [-0.39, 0.29) is 5.69 Å². The molecular weight excluding hydrogens is 264 g/mol. The smallest absolute Gasteiger partial charge is 0.258 e. The molecule has 2 aromatic heterocycles. The topological polar surface area (TPSA) is 73.8 Å². The Morgan fingerprint density at radius 2 is 2.16 bits per heavy atom. The van der Waals surface area contributed by atoms with Crippen molar-refractivity contribution in [3.63, 3.8) is 0 Å². The Morgan fingerprint density at radius 1 is 1.37 bits per heavy atom. The molecule has 0 bridgehead atoms. The molecule has 0 aliphatic carbocycles. The summed E-state index contributed by atoms with van der Waals surface area (Å²) in [5, 5.41) is 15.7. The van der Waals surface area contributed by atoms with E-state index >= 15 is 0 Å². The molecule has 3 rings (SSSR count). The quantitative estimate of drug-likeness (QED) is 0.532. The van der Waals surface area contributed by atoms with Gasteiger partial charge in [-0.15, -0.1) is 11.3 Å². The van der Waals surface area contributed by atoms with Crippen molar-refractivity contribution in [2.45, 2.75) is 13.8 Å². The summed E-state index contributed by atoms with van der Waals surface area (Å²) in [7, 11) is 0. The van der Waals surface area contributed by atoms with Crippen LogP contribution in [0.1, 0.15) is 11.4 Å². The van der Waals surface area contributed by atoms with E-state index in [0.717, 1.165) is 16.1 Å². The molecule has 0 saturated carbocycles. The normalized spacial score (nSPS) is 11.1. The first kappa shape index (κ1) is 11.8. The van der Waals surface area contributed by atoms with Crippen molar-refractivity contribution >= 4 is 27.2 Å². The van der Waals surface area contributed by atoms with E-state index in [1.807, 2.05) is 26.0 Å². The molecule has 0 amide bonds. The summed E-state index contributed by atoms with van der Waals surface area (Å²) in [5.74, 6) is 0. The van der Waals surface area contributed by atoms with Crippen molar-refractivity contribution in [2.75, 3.05) is 0 Å². The highest BCUT2D eigenvalue weighted by atomic mass is 32.1. The molecule has 0 fully saturated rings. The van der Waals surface area contributed by atoms with E-state index < -0.39 is 4.92 Å². The van der Waals surface area contributed by atoms with Gasteiger partial charge in [0.1, 0.15) is 5.69 Å². The number of nitrogens with zero attached hydrogens (tertiary/aromatic N) is 4. The predicted molar refractivity (Wildman–Crippen MR) is 72.9 cm³/mol. The second-order valence-electron chi connectivity index (χ2n) is 4.23. The Morgan fingerprint density at radius 3 is 2.79 bits per heavy atom. The molecule has 1 aromatic carbocycles. The van der Waals surface area contributed by atoms with Crippen LogP contribution in [0.3, 0.4) is 0 Å². The number of hydrogen-bond donors (Lipinski definition) is 0. The van der Waals surface area contributed by atoms with Gasteiger partial charge in [0.05, 0.1) is 20.8 Å². The fraction of sp³-hybridized carbons (Fsp3) is 0.167. The van der Waals surface area contributed by atoms with Gasteiger partial charge in [-0.05, 0) is 32.0 Å². The Balaban J connectivity index is 2.37. The maximum atomic E-state index is 11.4. The number of rotatable bonds is 2. The van der Waals surface area contributed by atoms with Gasteiger partial charge in [-0.2, -0.15) is 5.10 Å². The Bertz CT molecular complexity index is 790. The third-order valence-electron chi connectivity index (χ3n) is 2.87. The van der Waals surface area contributed by atoms with Crippen molar-refractivity contribution in [1.82, 2.24) is 14.8 Å². The number of aryl methyl sites for hydroxylation is 2. The van der Waals surface area contributed by atoms with Gasteiger partial charge < -0.3 is 0 Å². The predicted octanol–water partition coefficient (Wildman–Crippen LogP) is 3.01. The molecule has 0 radical (unpaired) electrons. The van der Waals surface area contributed by atoms with Crippen molar-refractivity contribution < 1.29 is 4.92 Å². The van der Waals surface area contributed by atoms with Gasteiger partial charge in [0, 0.05) is 5.69 Å². The molecule has 3 aromatic rings. The summed E-state index contributed by atoms with van der Waals surface area (Å²) < 4.78 is 2.39. The second kappa shape index (κ2) is 4.13. The molecule has 2 heterocycles. The molecule has 0 atom stereocenters. The first-order chi connectivity index (χ1) is 9.08. The number of hydrogen-bond acceptors (Lipinski definition) is 5. The summed E-state index contributed by atoms with van der Waals surface area (Å²) in [6, 6.07) is 5.44. The Kier molecular flexibility index (Phi) is 2.56. The maximum absolute atomic E-state index is 11.4. The summed E-state index contributed by atoms with van der Waals surface area (Å²) in [4.78, 5) is 15.1. The third-order valence-corrected chi connectivity index (χ3v) is 3.67. The van der Waals surface area contributed by atoms with Crippen molar-refractivity contribution in [3.05, 3.63) is 45.2 Å². The van der Waals surface area contributed by atoms with Gasteiger partial charge in [0.25, 0.3) is 0 Å². The summed E-state index contributed by atoms with van der Waals surface area (Å²) in [6.45, 7) is 3.73. The fourth-order valence-corrected chi connectivity index (χ4v) is 2.81. The number of fused-ring (bicyclic) bond motifs is 1. The molecule has 0 spiro atoms. The highest BCUT2D eigenvalue weighted by molar-refractivity contribution is 7.16. The summed E-state index contributed by atoms with van der Waals surface area (Å²) in [6.07, 6.45) is 0. The van der Waals surface area contributed by atoms with Gasteiger partial charge in [-0.3, -0.25) is 10.1 Å². The number of nitro groups is 1. The monoisotopic (exact) mass is 274 g/mol. The lowest BCUT2D eigenvalue weighted by atomic mass is 10.2. The van der Waals surface area contributed by atoms with Crippen LogP contribution in [-0.4, -0.2) is 19.7 Å². The van der Waals surface area contributed by atoms with Crippen LogP contribution in [0.25, 0.3) is 15.9 Å². The van der Waals surface area contributed by atoms with Crippen LogP contribution in [0.15, 0.2) is 23.7 Å². The van der Waals surface area contributed by atoms with Gasteiger partial charge >= 0.3 is 5.69 Å². The van der Waals surface area contributed by atoms with Crippen LogP contribution in [-0.2, 0) is 0 Å². The maximum Gasteiger partial charge on any atom is 0.321 e. The molecule has 19 heavy (non-hydrogen) atoms. The average molecular weight is 274 g/mol. The average Bonchev–Trinajstić information content (AvgIpc) is 2.93. The van der Waals surface area contributed by atoms with Gasteiger partial charge in [-0.1, -0.05) is 0 Å². The number of nitro benzene ring substituents is 1. The van der Waals surface area contributed by atoms with Gasteiger partial charge in [0.15, 0.2) is 5.52 Å². The summed E-state index contributed by atoms with van der Waals surface area (Å²) in [5.41, 5.74) is 4.17. The lowest BCUT2D eigenvalue weighted by Gasteiger charge is -2.05. The van der Waals surface area contributed by atoms with Crippen LogP contribution in [0.5, 0.6) is 0 Å². The van der Waals surface area contributed by atoms with E-state index in [4.69, 9.17) is 0 Å². The molecule has 96 valence electrons. The van der Waals surface area contributed by atoms with E-state index in [1.165, 1.54) is 11.3 Å². The molecule has 0 unspecified atom stereocenters. The largest absolute Gasteiger partial charge is 0.321 e. The molecule has 0 aliphatic rings. The molecule has 0 N–H and O–H groups in total. The minimum atomic E-state index is -0.395. The zero-order valence-corrected chi connectivity index (χ0v) is 11.1. The zero-order valence-electron chi connectivity index (χ0n) is 10.3. The number of thiazole rings is 1. The minimum Gasteiger partial charge on any atom is -0.258 e. The number of benzene rings is 1. The molecule has 0 aliphatic heterocycles. The number of aromatic nitrogens is 3. The van der Waals surface area contributed by atoms with Crippen LogP contribution >= 0.6 is 11.3 Å². The van der Waals surface area contributed by atoms with Crippen LogP contribution in [0.4, 0.5) is 5.69 Å². The van der Waals surface area contributed by atoms with E-state index in [2.05, 4.69) is 10.1 Å². The lowest BCUT2D eigenvalue weighted by molar-refractivity contribution is -0.383. The van der Waals surface area contributed by atoms with E-state index in [0.29, 0.717) is 11.2 Å². The van der Waals surface area contributed by atoms with Crippen molar-refractivity contribution in [3.8, 4) is 5.69 Å². The Hall–Kier alpha value is -2.28. The van der Waals surface area contributed by atoms with E-state index in [1.54, 1.807) is 16.3 Å². The molecule has 6 nitrogen and oxygen atoms in total. The fourth-order valence-electron chi connectivity index (χ4n) is 2.13. The molecule has 0 saturated heterocycles. The SMILES string of the molecule is Cc1cc(C)n(-c2ccc3scnc3c2[N+](=O)[O-])n1. The highest BCUT2D eigenvalue weighted by Crippen LogP contribution is 2.33. The first-order valence-electron chi connectivity index (χ1n) is 5.62. The second-order valence-corrected chi connectivity index (χ2v) is 5.11. The lowest BCUT2D eigenvalue weighted by Crippen LogP contribution is -2.04. The minimum absolute atomic E-state index is 0.00458. The first-order valence-corrected chi connectivity index (χ1v) is 6.50. The van der Waals surface area contributed by atoms with Crippen LogP contribution < -0.4 is 0 Å². The van der Waals surface area contributed by atoms with E-state index in [9.17, 15) is 10.1 Å². The van der Waals surface area contributed by atoms with Gasteiger partial charge in [-0.25, -0.2) is 9.67 Å². The Labute approximate surface area is 112 Å². The molecular formula is C12H10N4O2S. The third kappa shape index (κ3) is 1.78. The zero-order chi connectivity index (χ0) is 13.6.